The van der Waals surface area contributed by atoms with Crippen LogP contribution in [0.15, 0.2) is 76.1 Å². The summed E-state index contributed by atoms with van der Waals surface area (Å²) in [4.78, 5) is 26.9. The lowest BCUT2D eigenvalue weighted by Crippen LogP contribution is -2.28. The number of amides is 2. The summed E-state index contributed by atoms with van der Waals surface area (Å²) >= 11 is 4.35. The largest absolute Gasteiger partial charge is 0.495 e. The van der Waals surface area contributed by atoms with Gasteiger partial charge in [0.1, 0.15) is 23.9 Å². The first-order chi connectivity index (χ1) is 15.5. The van der Waals surface area contributed by atoms with Gasteiger partial charge in [0.15, 0.2) is 0 Å². The van der Waals surface area contributed by atoms with E-state index in [1.807, 2.05) is 0 Å². The molecular weight excluding hydrogens is 497 g/mol. The third-order valence-corrected chi connectivity index (χ3v) is 6.17. The van der Waals surface area contributed by atoms with Crippen LogP contribution in [-0.2, 0) is 11.4 Å². The monoisotopic (exact) mass is 513 g/mol. The first-order valence-electron chi connectivity index (χ1n) is 9.54. The Morgan fingerprint density at radius 3 is 2.50 bits per heavy atom. The maximum Gasteiger partial charge on any atom is 0.298 e. The van der Waals surface area contributed by atoms with E-state index in [1.165, 1.54) is 19.2 Å². The third-order valence-electron chi connectivity index (χ3n) is 4.68. The van der Waals surface area contributed by atoms with Crippen molar-refractivity contribution < 1.29 is 23.5 Å². The number of hydrogen-bond acceptors (Lipinski definition) is 5. The van der Waals surface area contributed by atoms with Crippen molar-refractivity contribution in [3.05, 3.63) is 93.1 Å². The number of rotatable bonds is 6. The quantitative estimate of drug-likeness (QED) is 0.356. The molecule has 1 heterocycles. The van der Waals surface area contributed by atoms with Gasteiger partial charge in [-0.15, -0.1) is 0 Å². The van der Waals surface area contributed by atoms with Crippen molar-refractivity contribution >= 4 is 50.6 Å². The number of imide groups is 1. The fraction of sp³-hybridized carbons (Fsp3) is 0.0833. The van der Waals surface area contributed by atoms with Gasteiger partial charge in [-0.1, -0.05) is 30.3 Å². The van der Waals surface area contributed by atoms with Gasteiger partial charge >= 0.3 is 0 Å². The average molecular weight is 514 g/mol. The second-order valence-corrected chi connectivity index (χ2v) is 8.64. The van der Waals surface area contributed by atoms with Gasteiger partial charge in [-0.2, -0.15) is 0 Å². The zero-order valence-corrected chi connectivity index (χ0v) is 19.3. The number of thioether (sulfide) groups is 1. The van der Waals surface area contributed by atoms with Gasteiger partial charge in [-0.05, 0) is 81.3 Å². The molecule has 1 aliphatic rings. The van der Waals surface area contributed by atoms with Crippen molar-refractivity contribution in [2.24, 2.45) is 0 Å². The van der Waals surface area contributed by atoms with Gasteiger partial charge in [0, 0.05) is 0 Å². The molecule has 0 atom stereocenters. The lowest BCUT2D eigenvalue weighted by atomic mass is 10.2. The molecule has 2 amide bonds. The normalized spacial score (nSPS) is 14.8. The van der Waals surface area contributed by atoms with Crippen LogP contribution in [0.3, 0.4) is 0 Å². The van der Waals surface area contributed by atoms with Gasteiger partial charge in [0.05, 0.1) is 22.2 Å². The van der Waals surface area contributed by atoms with Crippen LogP contribution in [0, 0.1) is 5.82 Å². The third kappa shape index (κ3) is 4.71. The Balaban J connectivity index is 1.51. The highest BCUT2D eigenvalue weighted by Crippen LogP contribution is 2.40. The molecule has 162 valence electrons. The lowest BCUT2D eigenvalue weighted by molar-refractivity contribution is -0.113. The van der Waals surface area contributed by atoms with Gasteiger partial charge in [-0.25, -0.2) is 9.29 Å². The summed E-state index contributed by atoms with van der Waals surface area (Å²) in [5.74, 6) is 0.349. The maximum absolute atomic E-state index is 13.0. The predicted octanol–water partition coefficient (Wildman–Crippen LogP) is 6.42. The Hall–Kier alpha value is -3.10. The number of methoxy groups -OCH3 is 1. The van der Waals surface area contributed by atoms with Crippen LogP contribution >= 0.6 is 27.7 Å². The van der Waals surface area contributed by atoms with Crippen LogP contribution in [-0.4, -0.2) is 18.3 Å². The number of para-hydroxylation sites is 2. The van der Waals surface area contributed by atoms with E-state index < -0.39 is 5.91 Å². The summed E-state index contributed by atoms with van der Waals surface area (Å²) in [5.41, 5.74) is 1.98. The van der Waals surface area contributed by atoms with Crippen molar-refractivity contribution in [1.29, 1.82) is 0 Å². The zero-order chi connectivity index (χ0) is 22.7. The topological polar surface area (TPSA) is 55.8 Å². The number of halogens is 2. The SMILES string of the molecule is COc1ccccc1N1C(=O)S/C(=C\c2ccc(OCc3ccc(F)cc3)c(Br)c2)C1=O. The van der Waals surface area contributed by atoms with E-state index >= 15 is 0 Å². The Labute approximate surface area is 197 Å². The minimum absolute atomic E-state index is 0.288. The van der Waals surface area contributed by atoms with Crippen LogP contribution in [0.1, 0.15) is 11.1 Å². The summed E-state index contributed by atoms with van der Waals surface area (Å²) in [6.07, 6.45) is 1.66. The van der Waals surface area contributed by atoms with E-state index in [1.54, 1.807) is 60.7 Å². The molecule has 0 spiro atoms. The van der Waals surface area contributed by atoms with E-state index in [4.69, 9.17) is 9.47 Å². The first-order valence-corrected chi connectivity index (χ1v) is 11.1. The van der Waals surface area contributed by atoms with Crippen molar-refractivity contribution in [1.82, 2.24) is 0 Å². The summed E-state index contributed by atoms with van der Waals surface area (Å²) in [7, 11) is 1.49. The average Bonchev–Trinajstić information content (AvgIpc) is 3.07. The standard InChI is InChI=1S/C24H17BrFNO4S/c1-30-21-5-3-2-4-19(21)27-23(28)22(32-24(27)29)13-16-8-11-20(18(25)12-16)31-14-15-6-9-17(26)10-7-15/h2-13H,14H2,1H3/b22-13-. The second-order valence-electron chi connectivity index (χ2n) is 6.79. The van der Waals surface area contributed by atoms with Crippen LogP contribution in [0.4, 0.5) is 14.9 Å². The maximum atomic E-state index is 13.0. The molecule has 1 fully saturated rings. The van der Waals surface area contributed by atoms with E-state index in [-0.39, 0.29) is 17.7 Å². The Kier molecular flexibility index (Phi) is 6.62. The number of carbonyl (C=O) groups excluding carboxylic acids is 2. The highest BCUT2D eigenvalue weighted by atomic mass is 79.9. The molecule has 0 saturated carbocycles. The van der Waals surface area contributed by atoms with Crippen molar-refractivity contribution in [2.45, 2.75) is 6.61 Å². The highest BCUT2D eigenvalue weighted by Gasteiger charge is 2.37. The number of hydrogen-bond donors (Lipinski definition) is 0. The van der Waals surface area contributed by atoms with Gasteiger partial charge in [0.2, 0.25) is 0 Å². The van der Waals surface area contributed by atoms with Crippen molar-refractivity contribution in [3.8, 4) is 11.5 Å². The Bertz CT molecular complexity index is 1210. The number of benzene rings is 3. The molecule has 0 bridgehead atoms. The number of ether oxygens (including phenoxy) is 2. The fourth-order valence-corrected chi connectivity index (χ4v) is 4.45. The van der Waals surface area contributed by atoms with Gasteiger partial charge < -0.3 is 9.47 Å². The molecule has 0 aromatic heterocycles. The van der Waals surface area contributed by atoms with Crippen LogP contribution in [0.5, 0.6) is 11.5 Å². The van der Waals surface area contributed by atoms with E-state index in [2.05, 4.69) is 15.9 Å². The molecule has 0 radical (unpaired) electrons. The van der Waals surface area contributed by atoms with Crippen molar-refractivity contribution in [2.75, 3.05) is 12.0 Å². The van der Waals surface area contributed by atoms with Crippen LogP contribution in [0.2, 0.25) is 0 Å². The molecule has 32 heavy (non-hydrogen) atoms. The molecule has 0 N–H and O–H groups in total. The zero-order valence-electron chi connectivity index (χ0n) is 16.9. The van der Waals surface area contributed by atoms with E-state index in [9.17, 15) is 14.0 Å². The Morgan fingerprint density at radius 2 is 1.78 bits per heavy atom. The molecule has 3 aromatic carbocycles. The van der Waals surface area contributed by atoms with E-state index in [0.717, 1.165) is 27.8 Å². The Morgan fingerprint density at radius 1 is 1.03 bits per heavy atom. The molecule has 1 saturated heterocycles. The summed E-state index contributed by atoms with van der Waals surface area (Å²) in [6.45, 7) is 0.288. The number of anilines is 1. The second kappa shape index (κ2) is 9.58. The fourth-order valence-electron chi connectivity index (χ4n) is 3.11. The molecule has 0 unspecified atom stereocenters. The smallest absolute Gasteiger partial charge is 0.298 e. The minimum atomic E-state index is -0.405. The number of carbonyl (C=O) groups is 2. The van der Waals surface area contributed by atoms with Crippen LogP contribution in [0.25, 0.3) is 6.08 Å². The molecule has 5 nitrogen and oxygen atoms in total. The summed E-state index contributed by atoms with van der Waals surface area (Å²) in [6, 6.07) is 18.3. The molecule has 1 aliphatic heterocycles. The molecular formula is C24H17BrFNO4S. The lowest BCUT2D eigenvalue weighted by Gasteiger charge is -2.15. The molecule has 0 aliphatic carbocycles. The summed E-state index contributed by atoms with van der Waals surface area (Å²) < 4.78 is 24.8. The van der Waals surface area contributed by atoms with Gasteiger partial charge in [-0.3, -0.25) is 9.59 Å². The van der Waals surface area contributed by atoms with E-state index in [0.29, 0.717) is 26.6 Å². The van der Waals surface area contributed by atoms with Crippen LogP contribution < -0.4 is 14.4 Å². The van der Waals surface area contributed by atoms with Crippen molar-refractivity contribution in [3.63, 3.8) is 0 Å². The number of nitrogens with zero attached hydrogens (tertiary/aromatic N) is 1. The van der Waals surface area contributed by atoms with Gasteiger partial charge in [0.25, 0.3) is 11.1 Å². The highest BCUT2D eigenvalue weighted by molar-refractivity contribution is 9.10. The molecule has 4 rings (SSSR count). The first kappa shape index (κ1) is 22.1. The summed E-state index contributed by atoms with van der Waals surface area (Å²) in [5, 5.41) is -0.385. The molecule has 3 aromatic rings. The molecule has 8 heteroatoms. The minimum Gasteiger partial charge on any atom is -0.495 e. The predicted molar refractivity (Wildman–Crippen MR) is 126 cm³/mol.